The van der Waals surface area contributed by atoms with Gasteiger partial charge in [0.25, 0.3) is 5.20 Å². The number of pyridine rings is 1. The van der Waals surface area contributed by atoms with Crippen molar-refractivity contribution in [3.8, 4) is 5.75 Å². The third-order valence-corrected chi connectivity index (χ3v) is 4.12. The second-order valence-corrected chi connectivity index (χ2v) is 6.25. The predicted molar refractivity (Wildman–Crippen MR) is 93.7 cm³/mol. The normalized spacial score (nSPS) is 17.0. The molecule has 1 aromatic carbocycles. The van der Waals surface area contributed by atoms with E-state index in [4.69, 9.17) is 4.74 Å². The number of anilines is 1. The fourth-order valence-electron chi connectivity index (χ4n) is 2.77. The molecule has 0 radical (unpaired) electrons. The molecule has 23 heavy (non-hydrogen) atoms. The number of piperazine rings is 1. The minimum Gasteiger partial charge on any atom is -0.455 e. The molecule has 3 rings (SSSR count). The highest BCUT2D eigenvalue weighted by atomic mass is 79.9. The minimum absolute atomic E-state index is 0.712. The highest BCUT2D eigenvalue weighted by Gasteiger charge is 2.19. The lowest BCUT2D eigenvalue weighted by Crippen LogP contribution is -2.46. The number of alkyl halides is 1. The van der Waals surface area contributed by atoms with E-state index >= 15 is 0 Å². The van der Waals surface area contributed by atoms with Crippen LogP contribution in [0.5, 0.6) is 5.75 Å². The maximum absolute atomic E-state index is 9.36. The van der Waals surface area contributed by atoms with Crippen LogP contribution in [0.2, 0.25) is 0 Å². The maximum atomic E-state index is 9.36. The van der Waals surface area contributed by atoms with Crippen molar-refractivity contribution in [2.24, 2.45) is 0 Å². The van der Waals surface area contributed by atoms with E-state index in [-0.39, 0.29) is 0 Å². The van der Waals surface area contributed by atoms with Crippen LogP contribution in [0, 0.1) is 0 Å². The number of hydrogen-bond acceptors (Lipinski definition) is 5. The molecule has 1 aliphatic rings. The number of benzene rings is 1. The summed E-state index contributed by atoms with van der Waals surface area (Å²) in [5, 5.41) is 8.38. The Morgan fingerprint density at radius 2 is 1.83 bits per heavy atom. The van der Waals surface area contributed by atoms with Crippen molar-refractivity contribution in [2.75, 3.05) is 31.1 Å². The number of aliphatic hydroxyl groups excluding tert-OH is 1. The van der Waals surface area contributed by atoms with Crippen LogP contribution in [-0.4, -0.2) is 46.4 Å². The highest BCUT2D eigenvalue weighted by Crippen LogP contribution is 2.23. The Balaban J connectivity index is 1.59. The Bertz CT molecular complexity index is 616. The van der Waals surface area contributed by atoms with Crippen LogP contribution in [-0.2, 0) is 6.54 Å². The quantitative estimate of drug-likeness (QED) is 0.640. The molecule has 0 amide bonds. The van der Waals surface area contributed by atoms with Crippen LogP contribution in [0.25, 0.3) is 0 Å². The van der Waals surface area contributed by atoms with Gasteiger partial charge in [-0.1, -0.05) is 24.3 Å². The van der Waals surface area contributed by atoms with Crippen molar-refractivity contribution in [1.29, 1.82) is 0 Å². The molecule has 122 valence electrons. The van der Waals surface area contributed by atoms with Gasteiger partial charge in [0.05, 0.1) is 0 Å². The number of para-hydroxylation sites is 1. The van der Waals surface area contributed by atoms with Gasteiger partial charge in [-0.3, -0.25) is 4.90 Å². The Labute approximate surface area is 144 Å². The zero-order valence-electron chi connectivity index (χ0n) is 12.8. The Morgan fingerprint density at radius 1 is 1.09 bits per heavy atom. The topological polar surface area (TPSA) is 48.8 Å². The van der Waals surface area contributed by atoms with Crippen LogP contribution >= 0.6 is 15.9 Å². The molecular formula is C17H20BrN3O2. The number of halogens is 1. The molecule has 1 atom stereocenters. The van der Waals surface area contributed by atoms with Gasteiger partial charge >= 0.3 is 0 Å². The number of aliphatic hydroxyl groups is 1. The van der Waals surface area contributed by atoms with Gasteiger partial charge in [-0.2, -0.15) is 0 Å². The first kappa shape index (κ1) is 16.2. The average molecular weight is 378 g/mol. The number of rotatable bonds is 5. The van der Waals surface area contributed by atoms with E-state index in [2.05, 4.69) is 36.8 Å². The maximum Gasteiger partial charge on any atom is 0.255 e. The molecule has 1 aromatic heterocycles. The number of aromatic nitrogens is 1. The van der Waals surface area contributed by atoms with Crippen molar-refractivity contribution in [2.45, 2.75) is 11.7 Å². The SMILES string of the molecule is OC(Br)Oc1ccccc1CN1CCN(c2ccccn2)CC1. The van der Waals surface area contributed by atoms with Crippen molar-refractivity contribution in [3.05, 3.63) is 54.2 Å². The molecular weight excluding hydrogens is 358 g/mol. The summed E-state index contributed by atoms with van der Waals surface area (Å²) in [5.41, 5.74) is 1.08. The summed E-state index contributed by atoms with van der Waals surface area (Å²) >= 11 is 3.01. The standard InChI is InChI=1S/C17H20BrN3O2/c18-17(22)23-15-6-2-1-5-14(15)13-20-9-11-21(12-10-20)16-7-3-4-8-19-16/h1-8,17,22H,9-13H2. The van der Waals surface area contributed by atoms with Gasteiger partial charge in [-0.25, -0.2) is 4.98 Å². The zero-order valence-corrected chi connectivity index (χ0v) is 14.4. The lowest BCUT2D eigenvalue weighted by atomic mass is 10.1. The summed E-state index contributed by atoms with van der Waals surface area (Å²) in [6.07, 6.45) is 1.83. The molecule has 2 heterocycles. The largest absolute Gasteiger partial charge is 0.455 e. The average Bonchev–Trinajstić information content (AvgIpc) is 2.58. The number of ether oxygens (including phenoxy) is 1. The molecule has 0 spiro atoms. The van der Waals surface area contributed by atoms with E-state index in [1.807, 2.05) is 42.6 Å². The summed E-state index contributed by atoms with van der Waals surface area (Å²) in [6, 6.07) is 13.8. The zero-order chi connectivity index (χ0) is 16.1. The molecule has 0 bridgehead atoms. The van der Waals surface area contributed by atoms with E-state index in [9.17, 15) is 5.11 Å². The molecule has 0 saturated carbocycles. The van der Waals surface area contributed by atoms with Crippen LogP contribution < -0.4 is 9.64 Å². The van der Waals surface area contributed by atoms with E-state index in [0.717, 1.165) is 44.1 Å². The molecule has 5 nitrogen and oxygen atoms in total. The van der Waals surface area contributed by atoms with Gasteiger partial charge in [0.1, 0.15) is 11.6 Å². The van der Waals surface area contributed by atoms with Crippen LogP contribution in [0.3, 0.4) is 0 Å². The molecule has 0 aliphatic carbocycles. The first-order chi connectivity index (χ1) is 11.2. The second-order valence-electron chi connectivity index (χ2n) is 5.47. The molecule has 1 saturated heterocycles. The lowest BCUT2D eigenvalue weighted by Gasteiger charge is -2.35. The van der Waals surface area contributed by atoms with Crippen LogP contribution in [0.1, 0.15) is 5.56 Å². The first-order valence-corrected chi connectivity index (χ1v) is 8.59. The third-order valence-electron chi connectivity index (χ3n) is 3.94. The molecule has 1 unspecified atom stereocenters. The summed E-state index contributed by atoms with van der Waals surface area (Å²) < 4.78 is 5.40. The van der Waals surface area contributed by atoms with Gasteiger partial charge in [0.2, 0.25) is 0 Å². The molecule has 1 N–H and O–H groups in total. The molecule has 1 aliphatic heterocycles. The molecule has 6 heteroatoms. The fourth-order valence-corrected chi connectivity index (χ4v) is 2.97. The smallest absolute Gasteiger partial charge is 0.255 e. The van der Waals surface area contributed by atoms with Crippen molar-refractivity contribution in [3.63, 3.8) is 0 Å². The van der Waals surface area contributed by atoms with Crippen LogP contribution in [0.4, 0.5) is 5.82 Å². The van der Waals surface area contributed by atoms with Crippen LogP contribution in [0.15, 0.2) is 48.7 Å². The van der Waals surface area contributed by atoms with E-state index in [0.29, 0.717) is 5.75 Å². The van der Waals surface area contributed by atoms with Gasteiger partial charge < -0.3 is 14.7 Å². The highest BCUT2D eigenvalue weighted by molar-refractivity contribution is 9.09. The van der Waals surface area contributed by atoms with Crippen molar-refractivity contribution in [1.82, 2.24) is 9.88 Å². The monoisotopic (exact) mass is 377 g/mol. The predicted octanol–water partition coefficient (Wildman–Crippen LogP) is 2.45. The third kappa shape index (κ3) is 4.43. The molecule has 2 aromatic rings. The van der Waals surface area contributed by atoms with Gasteiger partial charge in [-0.05, 0) is 34.1 Å². The van der Waals surface area contributed by atoms with E-state index in [1.165, 1.54) is 0 Å². The van der Waals surface area contributed by atoms with E-state index in [1.54, 1.807) is 0 Å². The Hall–Kier alpha value is -1.63. The molecule has 1 fully saturated rings. The van der Waals surface area contributed by atoms with E-state index < -0.39 is 5.20 Å². The van der Waals surface area contributed by atoms with Crippen molar-refractivity contribution < 1.29 is 9.84 Å². The lowest BCUT2D eigenvalue weighted by molar-refractivity contribution is 0.0672. The second kappa shape index (κ2) is 7.77. The summed E-state index contributed by atoms with van der Waals surface area (Å²) in [4.78, 5) is 9.11. The Morgan fingerprint density at radius 3 is 2.52 bits per heavy atom. The summed E-state index contributed by atoms with van der Waals surface area (Å²) in [7, 11) is 0. The first-order valence-electron chi connectivity index (χ1n) is 7.67. The number of nitrogens with zero attached hydrogens (tertiary/aromatic N) is 3. The summed E-state index contributed by atoms with van der Waals surface area (Å²) in [6.45, 7) is 4.68. The van der Waals surface area contributed by atoms with Gasteiger partial charge in [0, 0.05) is 44.5 Å². The van der Waals surface area contributed by atoms with Gasteiger partial charge in [-0.15, -0.1) is 0 Å². The fraction of sp³-hybridized carbons (Fsp3) is 0.353. The number of hydrogen-bond donors (Lipinski definition) is 1. The van der Waals surface area contributed by atoms with Crippen molar-refractivity contribution >= 4 is 21.7 Å². The minimum atomic E-state index is -0.982. The van der Waals surface area contributed by atoms with Gasteiger partial charge in [0.15, 0.2) is 0 Å². The Kier molecular flexibility index (Phi) is 5.48. The summed E-state index contributed by atoms with van der Waals surface area (Å²) in [5.74, 6) is 1.75.